The van der Waals surface area contributed by atoms with Crippen LogP contribution in [0.3, 0.4) is 0 Å². The summed E-state index contributed by atoms with van der Waals surface area (Å²) < 4.78 is 41.3. The summed E-state index contributed by atoms with van der Waals surface area (Å²) in [5.41, 5.74) is -1.46. The number of allylic oxidation sites excluding steroid dienone is 2. The Morgan fingerprint density at radius 3 is 2.62 bits per heavy atom. The van der Waals surface area contributed by atoms with Crippen molar-refractivity contribution in [3.8, 4) is 0 Å². The molecule has 2 fully saturated rings. The lowest BCUT2D eigenvalue weighted by Gasteiger charge is -2.50. The molecular formula is C20H21F3IN3O2. The second-order valence-corrected chi connectivity index (χ2v) is 9.49. The number of halogens is 4. The van der Waals surface area contributed by atoms with E-state index in [-0.39, 0.29) is 24.3 Å². The van der Waals surface area contributed by atoms with Gasteiger partial charge >= 0.3 is 0 Å². The maximum absolute atomic E-state index is 14.7. The van der Waals surface area contributed by atoms with Gasteiger partial charge in [-0.3, -0.25) is 4.79 Å². The standard InChI is InChI=1S/C20H21F3IN3O2/c21-14-6-5-13(17(16(14)22)25-15-4-1-2-7-20(15,23)24)18(28)27-11-19(29,12-27)10-26-8-3-9-26/h1-2,4-7,15,25,29H,3,8-12H2. The first-order chi connectivity index (χ1) is 13.7. The molecule has 4 rings (SSSR count). The smallest absolute Gasteiger partial charge is 0.256 e. The minimum absolute atomic E-state index is 0.0925. The van der Waals surface area contributed by atoms with E-state index < -0.39 is 32.9 Å². The third-order valence-electron chi connectivity index (χ3n) is 5.50. The first kappa shape index (κ1) is 20.7. The summed E-state index contributed by atoms with van der Waals surface area (Å²) in [6, 6.07) is 1.09. The van der Waals surface area contributed by atoms with Crippen molar-refractivity contribution in [2.75, 3.05) is 38.0 Å². The summed E-state index contributed by atoms with van der Waals surface area (Å²) in [6.45, 7) is 2.58. The SMILES string of the molecule is O=C(c1ccc(F)c(F)c1NC1C=CC=CC1(F)I)N1CC(O)(CN2CCC2)C1. The zero-order chi connectivity index (χ0) is 20.8. The summed E-state index contributed by atoms with van der Waals surface area (Å²) in [4.78, 5) is 16.4. The second kappa shape index (κ2) is 7.59. The number of β-amino-alcohol motifs (C(OH)–C–C–N with tert-alkyl or cyclic N) is 1. The van der Waals surface area contributed by atoms with Gasteiger partial charge in [-0.05, 0) is 60.3 Å². The van der Waals surface area contributed by atoms with Gasteiger partial charge in [-0.15, -0.1) is 0 Å². The van der Waals surface area contributed by atoms with E-state index in [0.717, 1.165) is 25.6 Å². The number of hydrogen-bond donors (Lipinski definition) is 2. The van der Waals surface area contributed by atoms with Crippen LogP contribution in [0.5, 0.6) is 0 Å². The molecule has 156 valence electrons. The molecule has 9 heteroatoms. The largest absolute Gasteiger partial charge is 0.385 e. The van der Waals surface area contributed by atoms with Crippen molar-refractivity contribution in [1.82, 2.24) is 9.80 Å². The van der Waals surface area contributed by atoms with Gasteiger partial charge in [-0.2, -0.15) is 0 Å². The van der Waals surface area contributed by atoms with Crippen LogP contribution in [0, 0.1) is 11.6 Å². The fourth-order valence-electron chi connectivity index (χ4n) is 3.80. The third-order valence-corrected chi connectivity index (χ3v) is 6.53. The Morgan fingerprint density at radius 2 is 2.00 bits per heavy atom. The van der Waals surface area contributed by atoms with Gasteiger partial charge in [0, 0.05) is 6.54 Å². The van der Waals surface area contributed by atoms with E-state index >= 15 is 0 Å². The quantitative estimate of drug-likeness (QED) is 0.465. The fraction of sp³-hybridized carbons (Fsp3) is 0.450. The minimum atomic E-state index is -1.86. The Labute approximate surface area is 180 Å². The van der Waals surface area contributed by atoms with Crippen LogP contribution < -0.4 is 5.32 Å². The van der Waals surface area contributed by atoms with Crippen molar-refractivity contribution >= 4 is 34.2 Å². The predicted molar refractivity (Wildman–Crippen MR) is 112 cm³/mol. The number of nitrogens with one attached hydrogen (secondary N) is 1. The molecule has 2 heterocycles. The van der Waals surface area contributed by atoms with Crippen LogP contribution in [0.15, 0.2) is 36.4 Å². The molecule has 2 N–H and O–H groups in total. The maximum Gasteiger partial charge on any atom is 0.256 e. The summed E-state index contributed by atoms with van der Waals surface area (Å²) in [7, 11) is 0. The zero-order valence-corrected chi connectivity index (χ0v) is 17.7. The lowest BCUT2D eigenvalue weighted by atomic mass is 9.91. The lowest BCUT2D eigenvalue weighted by Crippen LogP contribution is -2.68. The molecule has 2 aliphatic heterocycles. The molecular weight excluding hydrogens is 498 g/mol. The van der Waals surface area contributed by atoms with E-state index in [2.05, 4.69) is 10.2 Å². The van der Waals surface area contributed by atoms with Crippen LogP contribution in [0.4, 0.5) is 18.9 Å². The van der Waals surface area contributed by atoms with E-state index in [1.807, 2.05) is 0 Å². The van der Waals surface area contributed by atoms with Gasteiger partial charge in [0.05, 0.1) is 30.4 Å². The normalized spacial score (nSPS) is 28.0. The van der Waals surface area contributed by atoms with Crippen molar-refractivity contribution in [2.24, 2.45) is 0 Å². The highest BCUT2D eigenvalue weighted by atomic mass is 127. The number of amides is 1. The molecule has 29 heavy (non-hydrogen) atoms. The molecule has 1 amide bonds. The summed E-state index contributed by atoms with van der Waals surface area (Å²) in [5, 5.41) is 13.2. The third kappa shape index (κ3) is 4.04. The highest BCUT2D eigenvalue weighted by Gasteiger charge is 2.46. The van der Waals surface area contributed by atoms with Gasteiger partial charge < -0.3 is 20.2 Å². The van der Waals surface area contributed by atoms with Gasteiger partial charge in [-0.25, -0.2) is 13.2 Å². The van der Waals surface area contributed by atoms with Gasteiger partial charge in [0.1, 0.15) is 5.60 Å². The van der Waals surface area contributed by atoms with E-state index in [1.165, 1.54) is 29.2 Å². The van der Waals surface area contributed by atoms with Crippen molar-refractivity contribution in [3.63, 3.8) is 0 Å². The molecule has 3 aliphatic rings. The Kier molecular flexibility index (Phi) is 5.41. The molecule has 2 atom stereocenters. The molecule has 1 aliphatic carbocycles. The number of nitrogens with zero attached hydrogens (tertiary/aromatic N) is 2. The first-order valence-electron chi connectivity index (χ1n) is 9.41. The topological polar surface area (TPSA) is 55.8 Å². The van der Waals surface area contributed by atoms with Crippen LogP contribution in [-0.4, -0.2) is 68.9 Å². The number of benzene rings is 1. The average Bonchev–Trinajstić information content (AvgIpc) is 2.61. The Morgan fingerprint density at radius 1 is 1.28 bits per heavy atom. The minimum Gasteiger partial charge on any atom is -0.385 e. The molecule has 2 saturated heterocycles. The highest BCUT2D eigenvalue weighted by molar-refractivity contribution is 14.1. The molecule has 0 radical (unpaired) electrons. The van der Waals surface area contributed by atoms with Crippen LogP contribution in [0.25, 0.3) is 0 Å². The molecule has 1 aromatic carbocycles. The van der Waals surface area contributed by atoms with Gasteiger partial charge in [0.25, 0.3) is 5.91 Å². The fourth-order valence-corrected chi connectivity index (χ4v) is 4.37. The van der Waals surface area contributed by atoms with E-state index in [1.54, 1.807) is 28.7 Å². The molecule has 0 aromatic heterocycles. The average molecular weight is 519 g/mol. The number of alkyl halides is 2. The number of carbonyl (C=O) groups excluding carboxylic acids is 1. The number of carbonyl (C=O) groups is 1. The van der Waals surface area contributed by atoms with Crippen LogP contribution in [0.1, 0.15) is 16.8 Å². The maximum atomic E-state index is 14.7. The number of rotatable bonds is 5. The molecule has 2 unspecified atom stereocenters. The lowest BCUT2D eigenvalue weighted by molar-refractivity contribution is -0.105. The van der Waals surface area contributed by atoms with Crippen molar-refractivity contribution in [1.29, 1.82) is 0 Å². The van der Waals surface area contributed by atoms with Crippen molar-refractivity contribution in [3.05, 3.63) is 53.6 Å². The summed E-state index contributed by atoms with van der Waals surface area (Å²) >= 11 is 1.57. The van der Waals surface area contributed by atoms with Crippen LogP contribution in [-0.2, 0) is 0 Å². The summed E-state index contributed by atoms with van der Waals surface area (Å²) in [5.74, 6) is -2.90. The van der Waals surface area contributed by atoms with E-state index in [4.69, 9.17) is 0 Å². The number of hydrogen-bond acceptors (Lipinski definition) is 4. The highest BCUT2D eigenvalue weighted by Crippen LogP contribution is 2.35. The molecule has 5 nitrogen and oxygen atoms in total. The van der Waals surface area contributed by atoms with E-state index in [9.17, 15) is 23.1 Å². The van der Waals surface area contributed by atoms with Gasteiger partial charge in [0.2, 0.25) is 3.68 Å². The molecule has 0 saturated carbocycles. The van der Waals surface area contributed by atoms with Crippen molar-refractivity contribution < 1.29 is 23.1 Å². The van der Waals surface area contributed by atoms with Gasteiger partial charge in [0.15, 0.2) is 11.6 Å². The predicted octanol–water partition coefficient (Wildman–Crippen LogP) is 2.86. The Balaban J connectivity index is 1.53. The molecule has 1 aromatic rings. The number of aliphatic hydroxyl groups is 1. The van der Waals surface area contributed by atoms with Crippen molar-refractivity contribution in [2.45, 2.75) is 21.7 Å². The van der Waals surface area contributed by atoms with Crippen LogP contribution >= 0.6 is 22.6 Å². The number of anilines is 1. The monoisotopic (exact) mass is 519 g/mol. The number of likely N-dealkylation sites (tertiary alicyclic amines) is 2. The first-order valence-corrected chi connectivity index (χ1v) is 10.5. The molecule has 0 bridgehead atoms. The Hall–Kier alpha value is -1.59. The summed E-state index contributed by atoms with van der Waals surface area (Å²) in [6.07, 6.45) is 7.01. The zero-order valence-electron chi connectivity index (χ0n) is 15.5. The van der Waals surface area contributed by atoms with Gasteiger partial charge in [-0.1, -0.05) is 18.2 Å². The Bertz CT molecular complexity index is 880. The van der Waals surface area contributed by atoms with Crippen LogP contribution in [0.2, 0.25) is 0 Å². The molecule has 0 spiro atoms. The van der Waals surface area contributed by atoms with E-state index in [0.29, 0.717) is 6.54 Å². The second-order valence-electron chi connectivity index (χ2n) is 7.84.